The number of imide groups is 1. The van der Waals surface area contributed by atoms with E-state index < -0.39 is 22.9 Å². The summed E-state index contributed by atoms with van der Waals surface area (Å²) >= 11 is 0.729. The highest BCUT2D eigenvalue weighted by molar-refractivity contribution is 8.18. The van der Waals surface area contributed by atoms with E-state index >= 15 is 0 Å². The molecule has 1 saturated heterocycles. The lowest BCUT2D eigenvalue weighted by Gasteiger charge is -2.12. The zero-order valence-corrected chi connectivity index (χ0v) is 14.7. The molecule has 3 amide bonds. The molecule has 0 radical (unpaired) electrons. The Morgan fingerprint density at radius 2 is 1.96 bits per heavy atom. The molecule has 0 aromatic heterocycles. The Kier molecular flexibility index (Phi) is 5.18. The van der Waals surface area contributed by atoms with Crippen molar-refractivity contribution in [2.24, 2.45) is 0 Å². The zero-order valence-electron chi connectivity index (χ0n) is 13.9. The molecule has 132 valence electrons. The Bertz CT molecular complexity index is 927. The number of halogens is 1. The van der Waals surface area contributed by atoms with Gasteiger partial charge in [0, 0.05) is 5.69 Å². The van der Waals surface area contributed by atoms with Crippen LogP contribution in [0.15, 0.2) is 53.4 Å². The Hall–Kier alpha value is -2.93. The van der Waals surface area contributed by atoms with Crippen molar-refractivity contribution in [3.05, 3.63) is 70.4 Å². The minimum atomic E-state index is -0.566. The second kappa shape index (κ2) is 7.53. The second-order valence-corrected chi connectivity index (χ2v) is 6.73. The molecule has 2 aromatic rings. The van der Waals surface area contributed by atoms with E-state index in [0.29, 0.717) is 11.3 Å². The van der Waals surface area contributed by atoms with E-state index in [1.807, 2.05) is 13.0 Å². The van der Waals surface area contributed by atoms with Crippen LogP contribution in [0.25, 0.3) is 6.08 Å². The summed E-state index contributed by atoms with van der Waals surface area (Å²) in [6, 6.07) is 12.9. The first-order valence-electron chi connectivity index (χ1n) is 7.80. The number of benzene rings is 2. The second-order valence-electron chi connectivity index (χ2n) is 5.74. The van der Waals surface area contributed by atoms with Crippen LogP contribution in [0.4, 0.5) is 14.9 Å². The number of carbonyl (C=O) groups is 3. The average Bonchev–Trinajstić information content (AvgIpc) is 2.82. The fraction of sp³-hybridized carbons (Fsp3) is 0.105. The van der Waals surface area contributed by atoms with Gasteiger partial charge in [-0.15, -0.1) is 0 Å². The monoisotopic (exact) mass is 370 g/mol. The maximum absolute atomic E-state index is 13.2. The Balaban J connectivity index is 1.70. The molecule has 0 saturated carbocycles. The predicted octanol–water partition coefficient (Wildman–Crippen LogP) is 3.81. The fourth-order valence-corrected chi connectivity index (χ4v) is 3.29. The van der Waals surface area contributed by atoms with Crippen LogP contribution in [-0.4, -0.2) is 28.5 Å². The molecule has 5 nitrogen and oxygen atoms in total. The van der Waals surface area contributed by atoms with Gasteiger partial charge < -0.3 is 5.32 Å². The molecule has 2 aromatic carbocycles. The van der Waals surface area contributed by atoms with Gasteiger partial charge in [0.25, 0.3) is 11.1 Å². The molecular formula is C19H15FN2O3S. The summed E-state index contributed by atoms with van der Waals surface area (Å²) in [5.74, 6) is -1.47. The third kappa shape index (κ3) is 4.18. The molecule has 0 bridgehead atoms. The third-order valence-corrected chi connectivity index (χ3v) is 4.53. The molecule has 1 N–H and O–H groups in total. The first kappa shape index (κ1) is 17.9. The van der Waals surface area contributed by atoms with E-state index in [4.69, 9.17) is 0 Å². The Labute approximate surface area is 153 Å². The lowest BCUT2D eigenvalue weighted by Crippen LogP contribution is -2.36. The first-order chi connectivity index (χ1) is 12.4. The highest BCUT2D eigenvalue weighted by Crippen LogP contribution is 2.32. The lowest BCUT2D eigenvalue weighted by molar-refractivity contribution is -0.127. The number of hydrogen-bond donors (Lipinski definition) is 1. The topological polar surface area (TPSA) is 66.5 Å². The van der Waals surface area contributed by atoms with Gasteiger partial charge in [0.05, 0.1) is 4.91 Å². The van der Waals surface area contributed by atoms with Crippen LogP contribution in [0.5, 0.6) is 0 Å². The number of hydrogen-bond acceptors (Lipinski definition) is 4. The number of nitrogens with one attached hydrogen (secondary N) is 1. The molecule has 3 rings (SSSR count). The van der Waals surface area contributed by atoms with Crippen molar-refractivity contribution >= 4 is 40.6 Å². The van der Waals surface area contributed by atoms with E-state index in [0.717, 1.165) is 22.2 Å². The van der Waals surface area contributed by atoms with Gasteiger partial charge in [-0.05, 0) is 60.2 Å². The number of rotatable bonds is 4. The third-order valence-electron chi connectivity index (χ3n) is 3.62. The number of thioether (sulfide) groups is 1. The highest BCUT2D eigenvalue weighted by Gasteiger charge is 2.36. The average molecular weight is 370 g/mol. The van der Waals surface area contributed by atoms with Gasteiger partial charge in [-0.1, -0.05) is 24.3 Å². The quantitative estimate of drug-likeness (QED) is 0.831. The van der Waals surface area contributed by atoms with E-state index in [-0.39, 0.29) is 11.4 Å². The van der Waals surface area contributed by atoms with Gasteiger partial charge >= 0.3 is 0 Å². The lowest BCUT2D eigenvalue weighted by atomic mass is 10.2. The van der Waals surface area contributed by atoms with E-state index in [9.17, 15) is 18.8 Å². The van der Waals surface area contributed by atoms with Gasteiger partial charge in [0.1, 0.15) is 12.4 Å². The summed E-state index contributed by atoms with van der Waals surface area (Å²) in [4.78, 5) is 37.6. The van der Waals surface area contributed by atoms with Crippen LogP contribution in [0, 0.1) is 12.7 Å². The molecule has 26 heavy (non-hydrogen) atoms. The number of anilines is 1. The predicted molar refractivity (Wildman–Crippen MR) is 98.9 cm³/mol. The molecule has 1 aliphatic rings. The molecular weight excluding hydrogens is 355 g/mol. The van der Waals surface area contributed by atoms with Crippen molar-refractivity contribution in [1.82, 2.24) is 4.90 Å². The molecule has 1 fully saturated rings. The van der Waals surface area contributed by atoms with E-state index in [2.05, 4.69) is 5.32 Å². The fourth-order valence-electron chi connectivity index (χ4n) is 2.45. The minimum absolute atomic E-state index is 0.156. The molecule has 1 aliphatic heterocycles. The molecule has 0 aliphatic carbocycles. The summed E-state index contributed by atoms with van der Waals surface area (Å²) in [6.07, 6.45) is 1.44. The number of amides is 3. The van der Waals surface area contributed by atoms with E-state index in [1.54, 1.807) is 24.3 Å². The molecule has 0 unspecified atom stereocenters. The van der Waals surface area contributed by atoms with Gasteiger partial charge in [-0.3, -0.25) is 19.3 Å². The van der Waals surface area contributed by atoms with Crippen LogP contribution < -0.4 is 5.32 Å². The number of nitrogens with zero attached hydrogens (tertiary/aromatic N) is 1. The summed E-state index contributed by atoms with van der Waals surface area (Å²) in [6.45, 7) is 1.52. The van der Waals surface area contributed by atoms with Crippen molar-refractivity contribution in [3.8, 4) is 0 Å². The first-order valence-corrected chi connectivity index (χ1v) is 8.61. The Morgan fingerprint density at radius 3 is 2.69 bits per heavy atom. The van der Waals surface area contributed by atoms with Crippen molar-refractivity contribution in [2.45, 2.75) is 6.92 Å². The van der Waals surface area contributed by atoms with Crippen LogP contribution in [0.2, 0.25) is 0 Å². The zero-order chi connectivity index (χ0) is 18.7. The summed E-state index contributed by atoms with van der Waals surface area (Å²) in [7, 11) is 0. The van der Waals surface area contributed by atoms with E-state index in [1.165, 1.54) is 24.3 Å². The van der Waals surface area contributed by atoms with Gasteiger partial charge in [0.15, 0.2) is 0 Å². The van der Waals surface area contributed by atoms with Crippen LogP contribution in [0.1, 0.15) is 11.1 Å². The SMILES string of the molecule is Cc1cccc(NC(=O)CN2C(=O)S/C(=C\c3cccc(F)c3)C2=O)c1. The van der Waals surface area contributed by atoms with Crippen molar-refractivity contribution < 1.29 is 18.8 Å². The van der Waals surface area contributed by atoms with Crippen molar-refractivity contribution in [2.75, 3.05) is 11.9 Å². The highest BCUT2D eigenvalue weighted by atomic mass is 32.2. The van der Waals surface area contributed by atoms with Crippen molar-refractivity contribution in [1.29, 1.82) is 0 Å². The molecule has 1 heterocycles. The Morgan fingerprint density at radius 1 is 1.19 bits per heavy atom. The standard InChI is InChI=1S/C19H15FN2O3S/c1-12-4-2-7-15(8-12)21-17(23)11-22-18(24)16(26-19(22)25)10-13-5-3-6-14(20)9-13/h2-10H,11H2,1H3,(H,21,23)/b16-10-. The normalized spacial score (nSPS) is 15.6. The van der Waals surface area contributed by atoms with Crippen LogP contribution in [0.3, 0.4) is 0 Å². The number of aryl methyl sites for hydroxylation is 1. The maximum atomic E-state index is 13.2. The van der Waals surface area contributed by atoms with Gasteiger partial charge in [-0.25, -0.2) is 4.39 Å². The molecule has 0 spiro atoms. The van der Waals surface area contributed by atoms with Crippen LogP contribution in [-0.2, 0) is 9.59 Å². The largest absolute Gasteiger partial charge is 0.325 e. The minimum Gasteiger partial charge on any atom is -0.325 e. The smallest absolute Gasteiger partial charge is 0.294 e. The molecule has 0 atom stereocenters. The van der Waals surface area contributed by atoms with Crippen LogP contribution >= 0.6 is 11.8 Å². The number of carbonyl (C=O) groups excluding carboxylic acids is 3. The summed E-state index contributed by atoms with van der Waals surface area (Å²) in [5, 5.41) is 2.13. The maximum Gasteiger partial charge on any atom is 0.294 e. The summed E-state index contributed by atoms with van der Waals surface area (Å²) in [5.41, 5.74) is 2.05. The summed E-state index contributed by atoms with van der Waals surface area (Å²) < 4.78 is 13.2. The molecule has 7 heteroatoms. The van der Waals surface area contributed by atoms with Gasteiger partial charge in [-0.2, -0.15) is 0 Å². The van der Waals surface area contributed by atoms with Gasteiger partial charge in [0.2, 0.25) is 5.91 Å². The van der Waals surface area contributed by atoms with Crippen molar-refractivity contribution in [3.63, 3.8) is 0 Å².